The molecule has 3 amide bonds. The molecule has 0 rings (SSSR count). The maximum absolute atomic E-state index is 12.8. The van der Waals surface area contributed by atoms with Gasteiger partial charge in [-0.25, -0.2) is 4.79 Å². The lowest BCUT2D eigenvalue weighted by atomic mass is 9.97. The van der Waals surface area contributed by atoms with E-state index in [1.54, 1.807) is 13.8 Å². The second-order valence-electron chi connectivity index (χ2n) is 7.99. The van der Waals surface area contributed by atoms with Crippen molar-refractivity contribution < 1.29 is 39.3 Å². The summed E-state index contributed by atoms with van der Waals surface area (Å²) in [5.74, 6) is -5.88. The molecule has 0 aliphatic carbocycles. The molecule has 0 saturated heterocycles. The van der Waals surface area contributed by atoms with Crippen molar-refractivity contribution in [3.8, 4) is 0 Å². The molecule has 0 fully saturated rings. The van der Waals surface area contributed by atoms with Crippen LogP contribution in [0.3, 0.4) is 0 Å². The van der Waals surface area contributed by atoms with Gasteiger partial charge >= 0.3 is 11.9 Å². The van der Waals surface area contributed by atoms with Gasteiger partial charge in [0.25, 0.3) is 0 Å². The van der Waals surface area contributed by atoms with Crippen LogP contribution < -0.4 is 27.4 Å². The summed E-state index contributed by atoms with van der Waals surface area (Å²) >= 11 is 0. The van der Waals surface area contributed by atoms with Crippen molar-refractivity contribution in [2.24, 2.45) is 17.4 Å². The Hall–Kier alpha value is -2.77. The number of aliphatic hydroxyl groups excluding tert-OH is 1. The number of carbonyl (C=O) groups is 5. The third-order valence-electron chi connectivity index (χ3n) is 5.16. The van der Waals surface area contributed by atoms with Crippen LogP contribution in [0.4, 0.5) is 0 Å². The van der Waals surface area contributed by atoms with E-state index in [0.29, 0.717) is 32.2 Å². The molecule has 33 heavy (non-hydrogen) atoms. The Balaban J connectivity index is 5.41. The monoisotopic (exact) mass is 475 g/mol. The van der Waals surface area contributed by atoms with E-state index < -0.39 is 72.3 Å². The number of carboxylic acid groups (broad SMARTS) is 2. The summed E-state index contributed by atoms with van der Waals surface area (Å²) in [5.41, 5.74) is 11.2. The second kappa shape index (κ2) is 15.1. The average molecular weight is 476 g/mol. The van der Waals surface area contributed by atoms with Gasteiger partial charge < -0.3 is 42.7 Å². The molecular formula is C20H37N5O8. The first-order chi connectivity index (χ1) is 15.3. The lowest BCUT2D eigenvalue weighted by molar-refractivity contribution is -0.147. The molecule has 190 valence electrons. The molecule has 0 saturated carbocycles. The number of nitrogens with two attached hydrogens (primary N) is 2. The Labute approximate surface area is 192 Å². The van der Waals surface area contributed by atoms with E-state index in [-0.39, 0.29) is 0 Å². The Morgan fingerprint density at radius 1 is 0.879 bits per heavy atom. The fraction of sp³-hybridized carbons (Fsp3) is 0.750. The third-order valence-corrected chi connectivity index (χ3v) is 5.16. The molecule has 13 nitrogen and oxygen atoms in total. The molecule has 0 aromatic carbocycles. The summed E-state index contributed by atoms with van der Waals surface area (Å²) in [7, 11) is 0. The van der Waals surface area contributed by atoms with Gasteiger partial charge in [-0.15, -0.1) is 0 Å². The van der Waals surface area contributed by atoms with Crippen LogP contribution in [-0.2, 0) is 24.0 Å². The Morgan fingerprint density at radius 3 is 1.88 bits per heavy atom. The molecular weight excluding hydrogens is 438 g/mol. The van der Waals surface area contributed by atoms with E-state index in [9.17, 15) is 29.1 Å². The zero-order valence-corrected chi connectivity index (χ0v) is 19.2. The van der Waals surface area contributed by atoms with Gasteiger partial charge in [0, 0.05) is 0 Å². The number of carbonyl (C=O) groups excluding carboxylic acids is 3. The number of carboxylic acids is 2. The van der Waals surface area contributed by atoms with E-state index >= 15 is 0 Å². The zero-order valence-electron chi connectivity index (χ0n) is 19.2. The van der Waals surface area contributed by atoms with E-state index in [4.69, 9.17) is 21.7 Å². The molecule has 0 aliphatic rings. The maximum Gasteiger partial charge on any atom is 0.326 e. The second-order valence-corrected chi connectivity index (χ2v) is 7.99. The Kier molecular flexibility index (Phi) is 13.9. The summed E-state index contributed by atoms with van der Waals surface area (Å²) in [4.78, 5) is 60.0. The molecule has 13 heteroatoms. The van der Waals surface area contributed by atoms with Crippen molar-refractivity contribution in [3.05, 3.63) is 0 Å². The quantitative estimate of drug-likeness (QED) is 0.113. The lowest BCUT2D eigenvalue weighted by Crippen LogP contribution is -2.61. The van der Waals surface area contributed by atoms with Crippen molar-refractivity contribution in [1.29, 1.82) is 0 Å². The molecule has 0 spiro atoms. The Morgan fingerprint density at radius 2 is 1.42 bits per heavy atom. The third kappa shape index (κ3) is 11.1. The molecule has 10 N–H and O–H groups in total. The number of hydrogen-bond acceptors (Lipinski definition) is 8. The molecule has 0 heterocycles. The van der Waals surface area contributed by atoms with E-state index in [1.165, 1.54) is 6.92 Å². The number of unbranched alkanes of at least 4 members (excludes halogenated alkanes) is 1. The van der Waals surface area contributed by atoms with Gasteiger partial charge in [-0.3, -0.25) is 19.2 Å². The fourth-order valence-electron chi connectivity index (χ4n) is 2.89. The lowest BCUT2D eigenvalue weighted by Gasteiger charge is -2.28. The molecule has 6 atom stereocenters. The van der Waals surface area contributed by atoms with Crippen LogP contribution in [0.15, 0.2) is 0 Å². The van der Waals surface area contributed by atoms with Gasteiger partial charge in [-0.2, -0.15) is 0 Å². The number of hydrogen-bond donors (Lipinski definition) is 8. The summed E-state index contributed by atoms with van der Waals surface area (Å²) in [5, 5.41) is 34.9. The number of rotatable bonds is 16. The minimum atomic E-state index is -1.70. The van der Waals surface area contributed by atoms with Crippen LogP contribution in [0, 0.1) is 5.92 Å². The summed E-state index contributed by atoms with van der Waals surface area (Å²) in [6.07, 6.45) is -0.164. The van der Waals surface area contributed by atoms with Gasteiger partial charge in [-0.05, 0) is 32.2 Å². The average Bonchev–Trinajstić information content (AvgIpc) is 2.73. The van der Waals surface area contributed by atoms with Crippen molar-refractivity contribution in [1.82, 2.24) is 16.0 Å². The zero-order chi connectivity index (χ0) is 25.7. The molecule has 6 unspecified atom stereocenters. The summed E-state index contributed by atoms with van der Waals surface area (Å²) < 4.78 is 0. The highest BCUT2D eigenvalue weighted by Crippen LogP contribution is 2.10. The van der Waals surface area contributed by atoms with Crippen LogP contribution in [0.1, 0.15) is 52.9 Å². The van der Waals surface area contributed by atoms with Gasteiger partial charge in [0.1, 0.15) is 18.1 Å². The van der Waals surface area contributed by atoms with Crippen molar-refractivity contribution in [3.63, 3.8) is 0 Å². The van der Waals surface area contributed by atoms with Gasteiger partial charge in [-0.1, -0.05) is 26.7 Å². The topological polar surface area (TPSA) is 234 Å². The molecule has 0 aliphatic heterocycles. The normalized spacial score (nSPS) is 16.4. The van der Waals surface area contributed by atoms with Crippen molar-refractivity contribution >= 4 is 29.7 Å². The Bertz CT molecular complexity index is 687. The summed E-state index contributed by atoms with van der Waals surface area (Å²) in [6, 6.07) is -5.29. The highest BCUT2D eigenvalue weighted by atomic mass is 16.4. The smallest absolute Gasteiger partial charge is 0.326 e. The van der Waals surface area contributed by atoms with Gasteiger partial charge in [0.05, 0.1) is 18.6 Å². The summed E-state index contributed by atoms with van der Waals surface area (Å²) in [6.45, 7) is 5.08. The predicted molar refractivity (Wildman–Crippen MR) is 118 cm³/mol. The first-order valence-electron chi connectivity index (χ1n) is 10.8. The largest absolute Gasteiger partial charge is 0.481 e. The predicted octanol–water partition coefficient (Wildman–Crippen LogP) is -2.12. The fourth-order valence-corrected chi connectivity index (χ4v) is 2.89. The van der Waals surface area contributed by atoms with Crippen molar-refractivity contribution in [2.75, 3.05) is 6.54 Å². The van der Waals surface area contributed by atoms with E-state index in [0.717, 1.165) is 0 Å². The minimum absolute atomic E-state index is 0.329. The molecule has 0 aromatic rings. The highest BCUT2D eigenvalue weighted by Gasteiger charge is 2.34. The van der Waals surface area contributed by atoms with Crippen LogP contribution in [-0.4, -0.2) is 81.8 Å². The molecule has 0 bridgehead atoms. The maximum atomic E-state index is 12.8. The number of aliphatic carboxylic acids is 2. The number of amides is 3. The number of nitrogens with one attached hydrogen (secondary N) is 3. The highest BCUT2D eigenvalue weighted by molar-refractivity contribution is 5.95. The standard InChI is InChI=1S/C20H37N5O8/c1-4-10(2)15(18(30)23-13(20(32)33)9-14(27)28)24-19(31)16(11(3)26)25-17(29)12(22)7-5-6-8-21/h10-13,15-16,26H,4-9,21-22H2,1-3H3,(H,23,30)(H,24,31)(H,25,29)(H,27,28)(H,32,33). The van der Waals surface area contributed by atoms with Crippen LogP contribution in [0.25, 0.3) is 0 Å². The van der Waals surface area contributed by atoms with Crippen molar-refractivity contribution in [2.45, 2.75) is 83.1 Å². The van der Waals surface area contributed by atoms with Gasteiger partial charge in [0.15, 0.2) is 0 Å². The SMILES string of the molecule is CCC(C)C(NC(=O)C(NC(=O)C(N)CCCCN)C(C)O)C(=O)NC(CC(=O)O)C(=O)O. The molecule has 0 aromatic heterocycles. The van der Waals surface area contributed by atoms with E-state index in [2.05, 4.69) is 16.0 Å². The van der Waals surface area contributed by atoms with Gasteiger partial charge in [0.2, 0.25) is 17.7 Å². The first-order valence-corrected chi connectivity index (χ1v) is 10.8. The van der Waals surface area contributed by atoms with Crippen LogP contribution in [0.5, 0.6) is 0 Å². The van der Waals surface area contributed by atoms with E-state index in [1.807, 2.05) is 0 Å². The van der Waals surface area contributed by atoms with Crippen LogP contribution in [0.2, 0.25) is 0 Å². The first kappa shape index (κ1) is 30.2. The molecule has 0 radical (unpaired) electrons. The van der Waals surface area contributed by atoms with Crippen LogP contribution >= 0.6 is 0 Å². The minimum Gasteiger partial charge on any atom is -0.481 e. The number of aliphatic hydroxyl groups is 1.